The van der Waals surface area contributed by atoms with Crippen LogP contribution in [0.2, 0.25) is 0 Å². The minimum absolute atomic E-state index is 0.241. The average Bonchev–Trinajstić information content (AvgIpc) is 2.03. The highest BCUT2D eigenvalue weighted by Gasteiger charge is 2.18. The number of carbonyl (C=O) groups is 1. The summed E-state index contributed by atoms with van der Waals surface area (Å²) in [4.78, 5) is 11.0. The van der Waals surface area contributed by atoms with Crippen LogP contribution in [0, 0.1) is 12.7 Å². The smallest absolute Gasteiger partial charge is 0.152 e. The van der Waals surface area contributed by atoms with Crippen LogP contribution in [0.5, 0.6) is 0 Å². The Kier molecular flexibility index (Phi) is 3.04. The van der Waals surface area contributed by atoms with Gasteiger partial charge < -0.3 is 0 Å². The Morgan fingerprint density at radius 3 is 2.62 bits per heavy atom. The highest BCUT2D eigenvalue weighted by Crippen LogP contribution is 2.26. The summed E-state index contributed by atoms with van der Waals surface area (Å²) in [6, 6.07) is 4.63. The Labute approximate surface area is 81.5 Å². The summed E-state index contributed by atoms with van der Waals surface area (Å²) < 4.78 is 13.2. The van der Waals surface area contributed by atoms with Gasteiger partial charge in [0.15, 0.2) is 5.78 Å². The van der Waals surface area contributed by atoms with Crippen molar-refractivity contribution in [2.75, 3.05) is 0 Å². The topological polar surface area (TPSA) is 17.1 Å². The molecular weight excluding hydrogens is 191 g/mol. The number of ketones is 1. The molecule has 0 spiro atoms. The third-order valence-corrected chi connectivity index (χ3v) is 2.41. The summed E-state index contributed by atoms with van der Waals surface area (Å²) in [6.45, 7) is 3.08. The van der Waals surface area contributed by atoms with Gasteiger partial charge in [0.25, 0.3) is 0 Å². The molecule has 0 aliphatic rings. The highest BCUT2D eigenvalue weighted by molar-refractivity contribution is 6.30. The molecule has 70 valence electrons. The summed E-state index contributed by atoms with van der Waals surface area (Å²) in [5, 5.41) is -0.874. The number of hydrogen-bond donors (Lipinski definition) is 0. The lowest BCUT2D eigenvalue weighted by atomic mass is 10.0. The number of benzene rings is 1. The zero-order valence-corrected chi connectivity index (χ0v) is 8.23. The van der Waals surface area contributed by atoms with Crippen LogP contribution in [-0.2, 0) is 4.79 Å². The van der Waals surface area contributed by atoms with Gasteiger partial charge in [-0.3, -0.25) is 4.79 Å². The van der Waals surface area contributed by atoms with Gasteiger partial charge in [-0.05, 0) is 25.5 Å². The Hall–Kier alpha value is -0.890. The van der Waals surface area contributed by atoms with Crippen molar-refractivity contribution in [3.05, 3.63) is 35.1 Å². The van der Waals surface area contributed by atoms with Crippen molar-refractivity contribution in [2.24, 2.45) is 0 Å². The molecule has 0 aromatic heterocycles. The van der Waals surface area contributed by atoms with Crippen molar-refractivity contribution < 1.29 is 9.18 Å². The van der Waals surface area contributed by atoms with Crippen molar-refractivity contribution in [1.29, 1.82) is 0 Å². The van der Waals surface area contributed by atoms with E-state index >= 15 is 0 Å². The number of hydrogen-bond acceptors (Lipinski definition) is 1. The third kappa shape index (κ3) is 2.07. The molecular formula is C10H10ClFO. The molecule has 1 aromatic carbocycles. The van der Waals surface area contributed by atoms with Crippen LogP contribution < -0.4 is 0 Å². The summed E-state index contributed by atoms with van der Waals surface area (Å²) >= 11 is 5.76. The second-order valence-electron chi connectivity index (χ2n) is 2.94. The Morgan fingerprint density at radius 2 is 2.15 bits per heavy atom. The van der Waals surface area contributed by atoms with E-state index in [0.29, 0.717) is 5.56 Å². The lowest BCUT2D eigenvalue weighted by Gasteiger charge is -2.10. The molecule has 0 saturated carbocycles. The molecule has 0 aliphatic heterocycles. The summed E-state index contributed by atoms with van der Waals surface area (Å²) in [6.07, 6.45) is 0. The molecule has 1 atom stereocenters. The van der Waals surface area contributed by atoms with Crippen molar-refractivity contribution >= 4 is 17.4 Å². The molecule has 1 nitrogen and oxygen atoms in total. The molecule has 1 unspecified atom stereocenters. The number of rotatable bonds is 2. The molecule has 0 N–H and O–H groups in total. The first-order valence-electron chi connectivity index (χ1n) is 3.93. The zero-order chi connectivity index (χ0) is 10.0. The van der Waals surface area contributed by atoms with Gasteiger partial charge in [0.05, 0.1) is 0 Å². The van der Waals surface area contributed by atoms with Crippen molar-refractivity contribution in [2.45, 2.75) is 19.2 Å². The van der Waals surface area contributed by atoms with E-state index in [2.05, 4.69) is 0 Å². The van der Waals surface area contributed by atoms with E-state index in [1.807, 2.05) is 0 Å². The maximum atomic E-state index is 13.2. The Balaban J connectivity index is 3.20. The SMILES string of the molecule is CC(=O)C(Cl)c1c(C)cccc1F. The van der Waals surface area contributed by atoms with Crippen molar-refractivity contribution in [1.82, 2.24) is 0 Å². The van der Waals surface area contributed by atoms with E-state index < -0.39 is 11.2 Å². The first-order valence-corrected chi connectivity index (χ1v) is 4.37. The minimum Gasteiger partial charge on any atom is -0.298 e. The summed E-state index contributed by atoms with van der Waals surface area (Å²) in [5.41, 5.74) is 0.992. The molecule has 1 rings (SSSR count). The van der Waals surface area contributed by atoms with Gasteiger partial charge in [-0.15, -0.1) is 11.6 Å². The molecule has 0 bridgehead atoms. The zero-order valence-electron chi connectivity index (χ0n) is 7.47. The summed E-state index contributed by atoms with van der Waals surface area (Å²) in [5.74, 6) is -0.662. The lowest BCUT2D eigenvalue weighted by Crippen LogP contribution is -2.06. The van der Waals surface area contributed by atoms with Crippen LogP contribution >= 0.6 is 11.6 Å². The third-order valence-electron chi connectivity index (χ3n) is 1.88. The van der Waals surface area contributed by atoms with Crippen LogP contribution in [0.25, 0.3) is 0 Å². The van der Waals surface area contributed by atoms with Gasteiger partial charge in [0.2, 0.25) is 0 Å². The number of carbonyl (C=O) groups excluding carboxylic acids is 1. The van der Waals surface area contributed by atoms with Crippen LogP contribution in [0.1, 0.15) is 23.4 Å². The number of Topliss-reactive ketones (excluding diaryl/α,β-unsaturated/α-hetero) is 1. The monoisotopic (exact) mass is 200 g/mol. The highest BCUT2D eigenvalue weighted by atomic mass is 35.5. The lowest BCUT2D eigenvalue weighted by molar-refractivity contribution is -0.116. The van der Waals surface area contributed by atoms with E-state index in [1.165, 1.54) is 13.0 Å². The van der Waals surface area contributed by atoms with Crippen LogP contribution in [0.15, 0.2) is 18.2 Å². The Bertz CT molecular complexity index is 315. The first-order chi connectivity index (χ1) is 6.04. The largest absolute Gasteiger partial charge is 0.298 e. The van der Waals surface area contributed by atoms with Gasteiger partial charge in [0.1, 0.15) is 11.2 Å². The molecule has 0 amide bonds. The Morgan fingerprint density at radius 1 is 1.54 bits per heavy atom. The van der Waals surface area contributed by atoms with Gasteiger partial charge in [-0.2, -0.15) is 0 Å². The molecule has 0 radical (unpaired) electrons. The maximum Gasteiger partial charge on any atom is 0.152 e. The van der Waals surface area contributed by atoms with E-state index in [0.717, 1.165) is 0 Å². The van der Waals surface area contributed by atoms with Crippen LogP contribution in [0.3, 0.4) is 0 Å². The standard InChI is InChI=1S/C10H10ClFO/c1-6-4-3-5-8(12)9(6)10(11)7(2)13/h3-5,10H,1-2H3. The van der Waals surface area contributed by atoms with E-state index in [-0.39, 0.29) is 11.3 Å². The number of halogens is 2. The fraction of sp³-hybridized carbons (Fsp3) is 0.300. The molecule has 3 heteroatoms. The quantitative estimate of drug-likeness (QED) is 0.671. The normalized spacial score (nSPS) is 12.6. The average molecular weight is 201 g/mol. The molecule has 0 heterocycles. The second-order valence-corrected chi connectivity index (χ2v) is 3.38. The van der Waals surface area contributed by atoms with Gasteiger partial charge in [0, 0.05) is 5.56 Å². The van der Waals surface area contributed by atoms with E-state index in [9.17, 15) is 9.18 Å². The van der Waals surface area contributed by atoms with Crippen LogP contribution in [0.4, 0.5) is 4.39 Å². The predicted octanol–water partition coefficient (Wildman–Crippen LogP) is 3.00. The van der Waals surface area contributed by atoms with E-state index in [1.54, 1.807) is 19.1 Å². The number of alkyl halides is 1. The van der Waals surface area contributed by atoms with E-state index in [4.69, 9.17) is 11.6 Å². The molecule has 13 heavy (non-hydrogen) atoms. The summed E-state index contributed by atoms with van der Waals surface area (Å²) in [7, 11) is 0. The molecule has 0 fully saturated rings. The van der Waals surface area contributed by atoms with Crippen molar-refractivity contribution in [3.63, 3.8) is 0 Å². The van der Waals surface area contributed by atoms with Crippen LogP contribution in [-0.4, -0.2) is 5.78 Å². The second kappa shape index (κ2) is 3.88. The first kappa shape index (κ1) is 10.2. The van der Waals surface area contributed by atoms with Gasteiger partial charge in [-0.25, -0.2) is 4.39 Å². The van der Waals surface area contributed by atoms with Gasteiger partial charge in [-0.1, -0.05) is 12.1 Å². The number of aryl methyl sites for hydroxylation is 1. The molecule has 1 aromatic rings. The van der Waals surface area contributed by atoms with Crippen molar-refractivity contribution in [3.8, 4) is 0 Å². The van der Waals surface area contributed by atoms with Gasteiger partial charge >= 0.3 is 0 Å². The molecule has 0 aliphatic carbocycles. The minimum atomic E-state index is -0.874. The fourth-order valence-electron chi connectivity index (χ4n) is 1.17. The molecule has 0 saturated heterocycles. The predicted molar refractivity (Wildman–Crippen MR) is 50.4 cm³/mol. The fourth-order valence-corrected chi connectivity index (χ4v) is 1.45. The maximum absolute atomic E-state index is 13.2.